The van der Waals surface area contributed by atoms with Crippen LogP contribution in [0.5, 0.6) is 5.75 Å². The van der Waals surface area contributed by atoms with Gasteiger partial charge in [-0.05, 0) is 0 Å². The van der Waals surface area contributed by atoms with E-state index in [-0.39, 0.29) is 12.1 Å². The summed E-state index contributed by atoms with van der Waals surface area (Å²) in [5.41, 5.74) is 0.446. The molecule has 1 atom stereocenters. The minimum absolute atomic E-state index is 0.0932. The first-order valence-corrected chi connectivity index (χ1v) is 5.45. The molecule has 2 nitrogen and oxygen atoms in total. The standard InChI is InChI=1S/C12H15F2NO/c1-7(2)15-10-3-4-16-11-6-8(13)5-9(14)12(10)11/h5-7,10,15H,3-4H2,1-2H3. The zero-order chi connectivity index (χ0) is 11.7. The average Bonchev–Trinajstić information content (AvgIpc) is 2.15. The summed E-state index contributed by atoms with van der Waals surface area (Å²) in [7, 11) is 0. The number of rotatable bonds is 2. The predicted octanol–water partition coefficient (Wildman–Crippen LogP) is 2.79. The van der Waals surface area contributed by atoms with Crippen LogP contribution in [0.4, 0.5) is 8.78 Å². The van der Waals surface area contributed by atoms with Crippen molar-refractivity contribution in [3.8, 4) is 5.75 Å². The van der Waals surface area contributed by atoms with E-state index in [4.69, 9.17) is 4.74 Å². The van der Waals surface area contributed by atoms with Crippen LogP contribution in [0.3, 0.4) is 0 Å². The molecule has 1 N–H and O–H groups in total. The second-order valence-corrected chi connectivity index (χ2v) is 4.31. The molecule has 0 bridgehead atoms. The lowest BCUT2D eigenvalue weighted by molar-refractivity contribution is 0.240. The molecule has 1 aromatic carbocycles. The van der Waals surface area contributed by atoms with Crippen molar-refractivity contribution >= 4 is 0 Å². The third-order valence-corrected chi connectivity index (χ3v) is 2.60. The molecule has 1 aromatic rings. The molecule has 2 rings (SSSR count). The van der Waals surface area contributed by atoms with Gasteiger partial charge in [-0.3, -0.25) is 0 Å². The van der Waals surface area contributed by atoms with E-state index in [0.717, 1.165) is 6.07 Å². The Labute approximate surface area is 93.6 Å². The van der Waals surface area contributed by atoms with Crippen molar-refractivity contribution in [2.45, 2.75) is 32.4 Å². The van der Waals surface area contributed by atoms with E-state index in [2.05, 4.69) is 5.32 Å². The molecule has 0 fully saturated rings. The zero-order valence-electron chi connectivity index (χ0n) is 9.39. The molecule has 1 heterocycles. The summed E-state index contributed by atoms with van der Waals surface area (Å²) < 4.78 is 32.0. The largest absolute Gasteiger partial charge is 0.493 e. The van der Waals surface area contributed by atoms with E-state index >= 15 is 0 Å². The number of halogens is 2. The lowest BCUT2D eigenvalue weighted by atomic mass is 9.99. The molecular formula is C12H15F2NO. The Morgan fingerprint density at radius 3 is 2.81 bits per heavy atom. The molecule has 4 heteroatoms. The fourth-order valence-electron chi connectivity index (χ4n) is 2.02. The van der Waals surface area contributed by atoms with Gasteiger partial charge in [0.25, 0.3) is 0 Å². The highest BCUT2D eigenvalue weighted by Gasteiger charge is 2.26. The molecule has 88 valence electrons. The topological polar surface area (TPSA) is 21.3 Å². The monoisotopic (exact) mass is 227 g/mol. The first kappa shape index (κ1) is 11.3. The van der Waals surface area contributed by atoms with Gasteiger partial charge in [0.1, 0.15) is 17.4 Å². The van der Waals surface area contributed by atoms with Gasteiger partial charge in [-0.15, -0.1) is 0 Å². The number of hydrogen-bond acceptors (Lipinski definition) is 2. The summed E-state index contributed by atoms with van der Waals surface area (Å²) in [4.78, 5) is 0. The first-order chi connectivity index (χ1) is 7.58. The third kappa shape index (κ3) is 2.16. The Morgan fingerprint density at radius 1 is 1.38 bits per heavy atom. The van der Waals surface area contributed by atoms with Gasteiger partial charge in [-0.2, -0.15) is 0 Å². The molecule has 0 radical (unpaired) electrons. The van der Waals surface area contributed by atoms with E-state index in [9.17, 15) is 8.78 Å². The summed E-state index contributed by atoms with van der Waals surface area (Å²) >= 11 is 0. The van der Waals surface area contributed by atoms with E-state index < -0.39 is 11.6 Å². The van der Waals surface area contributed by atoms with Crippen LogP contribution in [-0.4, -0.2) is 12.6 Å². The fourth-order valence-corrected chi connectivity index (χ4v) is 2.02. The van der Waals surface area contributed by atoms with Crippen LogP contribution in [0, 0.1) is 11.6 Å². The van der Waals surface area contributed by atoms with Crippen LogP contribution in [0.15, 0.2) is 12.1 Å². The summed E-state index contributed by atoms with van der Waals surface area (Å²) in [6.45, 7) is 4.48. The van der Waals surface area contributed by atoms with Gasteiger partial charge in [-0.25, -0.2) is 8.78 Å². The van der Waals surface area contributed by atoms with Crippen LogP contribution in [-0.2, 0) is 0 Å². The molecular weight excluding hydrogens is 212 g/mol. The number of ether oxygens (including phenoxy) is 1. The fraction of sp³-hybridized carbons (Fsp3) is 0.500. The van der Waals surface area contributed by atoms with E-state index in [1.165, 1.54) is 6.07 Å². The molecule has 0 aliphatic carbocycles. The predicted molar refractivity (Wildman–Crippen MR) is 57.5 cm³/mol. The Balaban J connectivity index is 2.37. The van der Waals surface area contributed by atoms with Crippen LogP contribution >= 0.6 is 0 Å². The number of fused-ring (bicyclic) bond motifs is 1. The Kier molecular flexibility index (Phi) is 3.10. The summed E-state index contributed by atoms with van der Waals surface area (Å²) in [6.07, 6.45) is 0.702. The van der Waals surface area contributed by atoms with E-state index in [1.807, 2.05) is 13.8 Å². The highest BCUT2D eigenvalue weighted by Crippen LogP contribution is 2.35. The van der Waals surface area contributed by atoms with Crippen LogP contribution in [0.25, 0.3) is 0 Å². The Hall–Kier alpha value is -1.16. The first-order valence-electron chi connectivity index (χ1n) is 5.45. The second-order valence-electron chi connectivity index (χ2n) is 4.31. The van der Waals surface area contributed by atoms with Crippen molar-refractivity contribution < 1.29 is 13.5 Å². The van der Waals surface area contributed by atoms with Crippen LogP contribution in [0.2, 0.25) is 0 Å². The lowest BCUT2D eigenvalue weighted by Gasteiger charge is -2.28. The minimum Gasteiger partial charge on any atom is -0.493 e. The second kappa shape index (κ2) is 4.37. The average molecular weight is 227 g/mol. The molecule has 1 unspecified atom stereocenters. The lowest BCUT2D eigenvalue weighted by Crippen LogP contribution is -2.32. The van der Waals surface area contributed by atoms with Gasteiger partial charge >= 0.3 is 0 Å². The van der Waals surface area contributed by atoms with Crippen molar-refractivity contribution in [1.82, 2.24) is 5.32 Å². The van der Waals surface area contributed by atoms with Gasteiger partial charge in [0.2, 0.25) is 0 Å². The maximum absolute atomic E-state index is 13.7. The quantitative estimate of drug-likeness (QED) is 0.838. The summed E-state index contributed by atoms with van der Waals surface area (Å²) in [5, 5.41) is 3.26. The molecule has 0 amide bonds. The zero-order valence-corrected chi connectivity index (χ0v) is 9.39. The molecule has 0 aromatic heterocycles. The van der Waals surface area contributed by atoms with Crippen molar-refractivity contribution in [1.29, 1.82) is 0 Å². The van der Waals surface area contributed by atoms with Crippen molar-refractivity contribution in [2.24, 2.45) is 0 Å². The Morgan fingerprint density at radius 2 is 2.12 bits per heavy atom. The number of benzene rings is 1. The third-order valence-electron chi connectivity index (χ3n) is 2.60. The van der Waals surface area contributed by atoms with E-state index in [0.29, 0.717) is 24.3 Å². The van der Waals surface area contributed by atoms with Gasteiger partial charge in [0.05, 0.1) is 6.61 Å². The smallest absolute Gasteiger partial charge is 0.134 e. The molecule has 1 aliphatic heterocycles. The SMILES string of the molecule is CC(C)NC1CCOc2cc(F)cc(F)c21. The van der Waals surface area contributed by atoms with Gasteiger partial charge < -0.3 is 10.1 Å². The molecule has 0 saturated heterocycles. The number of nitrogens with one attached hydrogen (secondary N) is 1. The van der Waals surface area contributed by atoms with Gasteiger partial charge in [0.15, 0.2) is 0 Å². The maximum atomic E-state index is 13.7. The highest BCUT2D eigenvalue weighted by molar-refractivity contribution is 5.39. The van der Waals surface area contributed by atoms with Gasteiger partial charge in [0, 0.05) is 36.2 Å². The van der Waals surface area contributed by atoms with Crippen LogP contribution in [0.1, 0.15) is 31.9 Å². The highest BCUT2D eigenvalue weighted by atomic mass is 19.1. The van der Waals surface area contributed by atoms with Gasteiger partial charge in [-0.1, -0.05) is 13.8 Å². The molecule has 0 saturated carbocycles. The molecule has 16 heavy (non-hydrogen) atoms. The summed E-state index contributed by atoms with van der Waals surface area (Å²) in [5.74, 6) is -0.809. The van der Waals surface area contributed by atoms with Crippen molar-refractivity contribution in [3.63, 3.8) is 0 Å². The van der Waals surface area contributed by atoms with Crippen LogP contribution < -0.4 is 10.1 Å². The summed E-state index contributed by atoms with van der Waals surface area (Å²) in [6, 6.07) is 2.31. The normalized spacial score (nSPS) is 19.4. The molecule has 0 spiro atoms. The Bertz CT molecular complexity index is 393. The van der Waals surface area contributed by atoms with E-state index in [1.54, 1.807) is 0 Å². The minimum atomic E-state index is -0.596. The number of hydrogen-bond donors (Lipinski definition) is 1. The molecule has 1 aliphatic rings. The van der Waals surface area contributed by atoms with Crippen molar-refractivity contribution in [2.75, 3.05) is 6.61 Å². The van der Waals surface area contributed by atoms with Crippen molar-refractivity contribution in [3.05, 3.63) is 29.3 Å². The maximum Gasteiger partial charge on any atom is 0.134 e.